The molecule has 0 radical (unpaired) electrons. The summed E-state index contributed by atoms with van der Waals surface area (Å²) in [7, 11) is 0. The van der Waals surface area contributed by atoms with Gasteiger partial charge in [0.25, 0.3) is 0 Å². The number of carbonyl (C=O) groups is 4. The molecule has 5 atom stereocenters. The SMILES string of the molecule is C#CCO[C@H](C)[C@H](NC(=O)OC(C)(C)C)C(=O)N1CC[C@@H]2[C@H]1[C@@H](C(=O)Nc1ccccc1)CN2C(=O)OCc1ccccc1. The number of likely N-dealkylation sites (tertiary alicyclic amines) is 2. The molecule has 2 aromatic rings. The first-order valence-electron chi connectivity index (χ1n) is 14.7. The summed E-state index contributed by atoms with van der Waals surface area (Å²) in [6, 6.07) is 16.0. The van der Waals surface area contributed by atoms with Crippen molar-refractivity contribution in [3.8, 4) is 12.3 Å². The van der Waals surface area contributed by atoms with Gasteiger partial charge in [-0.2, -0.15) is 0 Å². The van der Waals surface area contributed by atoms with E-state index in [0.29, 0.717) is 12.1 Å². The first-order valence-corrected chi connectivity index (χ1v) is 14.7. The molecule has 44 heavy (non-hydrogen) atoms. The summed E-state index contributed by atoms with van der Waals surface area (Å²) in [6.07, 6.45) is 3.62. The maximum atomic E-state index is 14.2. The van der Waals surface area contributed by atoms with Gasteiger partial charge < -0.3 is 34.6 Å². The van der Waals surface area contributed by atoms with E-state index in [4.69, 9.17) is 20.6 Å². The van der Waals surface area contributed by atoms with Gasteiger partial charge in [-0.1, -0.05) is 54.5 Å². The van der Waals surface area contributed by atoms with Crippen molar-refractivity contribution in [3.63, 3.8) is 0 Å². The van der Waals surface area contributed by atoms with Gasteiger partial charge >= 0.3 is 12.2 Å². The number of anilines is 1. The van der Waals surface area contributed by atoms with Crippen LogP contribution in [0.15, 0.2) is 60.7 Å². The topological polar surface area (TPSA) is 127 Å². The van der Waals surface area contributed by atoms with Gasteiger partial charge in [0.2, 0.25) is 11.8 Å². The Hall–Kier alpha value is -4.56. The fraction of sp³-hybridized carbons (Fsp3) is 0.455. The van der Waals surface area contributed by atoms with E-state index in [-0.39, 0.29) is 32.2 Å². The number of ether oxygens (including phenoxy) is 3. The van der Waals surface area contributed by atoms with E-state index in [9.17, 15) is 19.2 Å². The molecule has 2 fully saturated rings. The van der Waals surface area contributed by atoms with Crippen molar-refractivity contribution in [2.45, 2.75) is 70.6 Å². The third-order valence-corrected chi connectivity index (χ3v) is 7.56. The predicted molar refractivity (Wildman–Crippen MR) is 163 cm³/mol. The summed E-state index contributed by atoms with van der Waals surface area (Å²) in [5.74, 6) is 0.808. The van der Waals surface area contributed by atoms with Crippen LogP contribution in [0.1, 0.15) is 39.7 Å². The molecule has 4 rings (SSSR count). The molecule has 11 heteroatoms. The number of amides is 4. The Balaban J connectivity index is 1.59. The van der Waals surface area contributed by atoms with Gasteiger partial charge in [-0.15, -0.1) is 6.42 Å². The highest BCUT2D eigenvalue weighted by Gasteiger charge is 2.55. The number of nitrogens with one attached hydrogen (secondary N) is 2. The number of nitrogens with zero attached hydrogens (tertiary/aromatic N) is 2. The molecule has 0 aliphatic carbocycles. The molecule has 11 nitrogen and oxygen atoms in total. The lowest BCUT2D eigenvalue weighted by molar-refractivity contribution is -0.139. The minimum Gasteiger partial charge on any atom is -0.445 e. The lowest BCUT2D eigenvalue weighted by Crippen LogP contribution is -2.58. The molecule has 0 saturated carbocycles. The van der Waals surface area contributed by atoms with Gasteiger partial charge in [0.15, 0.2) is 0 Å². The van der Waals surface area contributed by atoms with E-state index >= 15 is 0 Å². The summed E-state index contributed by atoms with van der Waals surface area (Å²) >= 11 is 0. The molecule has 0 unspecified atom stereocenters. The largest absolute Gasteiger partial charge is 0.445 e. The lowest BCUT2D eigenvalue weighted by atomic mass is 9.97. The number of fused-ring (bicyclic) bond motifs is 1. The van der Waals surface area contributed by atoms with Crippen molar-refractivity contribution in [1.82, 2.24) is 15.1 Å². The quantitative estimate of drug-likeness (QED) is 0.417. The van der Waals surface area contributed by atoms with E-state index in [0.717, 1.165) is 5.56 Å². The zero-order valence-electron chi connectivity index (χ0n) is 25.5. The summed E-state index contributed by atoms with van der Waals surface area (Å²) in [6.45, 7) is 7.08. The number of para-hydroxylation sites is 1. The molecule has 0 bridgehead atoms. The van der Waals surface area contributed by atoms with Crippen LogP contribution in [0.5, 0.6) is 0 Å². The molecule has 0 spiro atoms. The maximum absolute atomic E-state index is 14.2. The Morgan fingerprint density at radius 1 is 1.02 bits per heavy atom. The molecular formula is C33H40N4O7. The van der Waals surface area contributed by atoms with Gasteiger partial charge in [-0.25, -0.2) is 9.59 Å². The molecule has 2 N–H and O–H groups in total. The van der Waals surface area contributed by atoms with Crippen LogP contribution >= 0.6 is 0 Å². The van der Waals surface area contributed by atoms with Gasteiger partial charge in [-0.05, 0) is 51.8 Å². The Labute approximate surface area is 258 Å². The smallest absolute Gasteiger partial charge is 0.410 e. The normalized spacial score (nSPS) is 20.6. The number of rotatable bonds is 9. The van der Waals surface area contributed by atoms with Crippen LogP contribution < -0.4 is 10.6 Å². The number of terminal acetylenes is 1. The molecule has 4 amide bonds. The molecular weight excluding hydrogens is 564 g/mol. The first-order chi connectivity index (χ1) is 21.0. The number of carbonyl (C=O) groups excluding carboxylic acids is 4. The number of hydrogen-bond donors (Lipinski definition) is 2. The first kappa shape index (κ1) is 32.4. The van der Waals surface area contributed by atoms with Crippen LogP contribution in [-0.2, 0) is 30.4 Å². The third-order valence-electron chi connectivity index (χ3n) is 7.56. The fourth-order valence-corrected chi connectivity index (χ4v) is 5.61. The minimum absolute atomic E-state index is 0.0543. The number of benzene rings is 2. The van der Waals surface area contributed by atoms with Crippen molar-refractivity contribution in [2.75, 3.05) is 25.0 Å². The molecule has 2 aromatic carbocycles. The second-order valence-electron chi connectivity index (χ2n) is 11.9. The number of hydrogen-bond acceptors (Lipinski definition) is 7. The summed E-state index contributed by atoms with van der Waals surface area (Å²) in [4.78, 5) is 57.1. The number of alkyl carbamates (subject to hydrolysis) is 1. The van der Waals surface area contributed by atoms with Gasteiger partial charge in [0.1, 0.15) is 24.9 Å². The van der Waals surface area contributed by atoms with Crippen LogP contribution in [0.2, 0.25) is 0 Å². The molecule has 0 aromatic heterocycles. The average Bonchev–Trinajstić information content (AvgIpc) is 3.58. The van der Waals surface area contributed by atoms with Crippen molar-refractivity contribution in [2.24, 2.45) is 5.92 Å². The minimum atomic E-state index is -1.16. The molecule has 234 valence electrons. The van der Waals surface area contributed by atoms with Crippen LogP contribution in [0.3, 0.4) is 0 Å². The Bertz CT molecular complexity index is 1360. The standard InChI is InChI=1S/C33H40N4O7/c1-6-19-42-22(2)27(35-31(40)44-33(3,4)5)30(39)36-18-17-26-28(36)25(29(38)34-24-15-11-8-12-16-24)20-37(26)32(41)43-21-23-13-9-7-10-14-23/h1,7-16,22,25-28H,17-21H2,2-5H3,(H,34,38)(H,35,40)/t22-,25+,26-,27+,28-/m1/s1. The van der Waals surface area contributed by atoms with Crippen LogP contribution in [0.4, 0.5) is 15.3 Å². The highest BCUT2D eigenvalue weighted by molar-refractivity contribution is 5.95. The Morgan fingerprint density at radius 2 is 1.68 bits per heavy atom. The van der Waals surface area contributed by atoms with Gasteiger partial charge in [-0.3, -0.25) is 9.59 Å². The summed E-state index contributed by atoms with van der Waals surface area (Å²) < 4.78 is 16.7. The Kier molecular flexibility index (Phi) is 10.5. The second-order valence-corrected chi connectivity index (χ2v) is 11.9. The zero-order valence-corrected chi connectivity index (χ0v) is 25.5. The maximum Gasteiger partial charge on any atom is 0.410 e. The second kappa shape index (κ2) is 14.3. The van der Waals surface area contributed by atoms with Crippen molar-refractivity contribution >= 4 is 29.7 Å². The average molecular weight is 605 g/mol. The van der Waals surface area contributed by atoms with E-state index in [1.165, 1.54) is 4.90 Å². The van der Waals surface area contributed by atoms with E-state index in [1.54, 1.807) is 56.9 Å². The summed E-state index contributed by atoms with van der Waals surface area (Å²) in [5, 5.41) is 5.56. The predicted octanol–water partition coefficient (Wildman–Crippen LogP) is 3.79. The highest BCUT2D eigenvalue weighted by Crippen LogP contribution is 2.37. The lowest BCUT2D eigenvalue weighted by Gasteiger charge is -2.33. The highest BCUT2D eigenvalue weighted by atomic mass is 16.6. The molecule has 2 aliphatic heterocycles. The fourth-order valence-electron chi connectivity index (χ4n) is 5.61. The van der Waals surface area contributed by atoms with Gasteiger partial charge in [0.05, 0.1) is 24.1 Å². The van der Waals surface area contributed by atoms with Crippen LogP contribution in [-0.4, -0.2) is 83.3 Å². The third kappa shape index (κ3) is 8.08. The monoisotopic (exact) mass is 604 g/mol. The van der Waals surface area contributed by atoms with Crippen molar-refractivity contribution in [3.05, 3.63) is 66.2 Å². The summed E-state index contributed by atoms with van der Waals surface area (Å²) in [5.41, 5.74) is 0.623. The molecule has 2 saturated heterocycles. The van der Waals surface area contributed by atoms with Crippen LogP contribution in [0, 0.1) is 18.3 Å². The van der Waals surface area contributed by atoms with E-state index in [1.807, 2.05) is 36.4 Å². The Morgan fingerprint density at radius 3 is 2.32 bits per heavy atom. The van der Waals surface area contributed by atoms with Crippen molar-refractivity contribution in [1.29, 1.82) is 0 Å². The molecule has 2 aliphatic rings. The van der Waals surface area contributed by atoms with Gasteiger partial charge in [0, 0.05) is 18.8 Å². The van der Waals surface area contributed by atoms with Crippen LogP contribution in [0.25, 0.3) is 0 Å². The zero-order chi connectivity index (χ0) is 31.9. The molecule has 2 heterocycles. The van der Waals surface area contributed by atoms with E-state index < -0.39 is 53.8 Å². The van der Waals surface area contributed by atoms with E-state index in [2.05, 4.69) is 16.6 Å². The van der Waals surface area contributed by atoms with Crippen molar-refractivity contribution < 1.29 is 33.4 Å².